The number of amides is 1. The first-order valence-corrected chi connectivity index (χ1v) is 8.48. The van der Waals surface area contributed by atoms with Crippen LogP contribution in [0.25, 0.3) is 0 Å². The molecule has 0 spiro atoms. The van der Waals surface area contributed by atoms with Crippen molar-refractivity contribution in [3.8, 4) is 0 Å². The lowest BCUT2D eigenvalue weighted by molar-refractivity contribution is -0.142. The van der Waals surface area contributed by atoms with Crippen LogP contribution >= 0.6 is 11.3 Å². The second-order valence-electron chi connectivity index (χ2n) is 5.70. The maximum atomic E-state index is 12.0. The fraction of sp³-hybridized carbons (Fsp3) is 0.353. The van der Waals surface area contributed by atoms with E-state index in [0.717, 1.165) is 16.1 Å². The third kappa shape index (κ3) is 3.96. The molecule has 0 saturated heterocycles. The van der Waals surface area contributed by atoms with Gasteiger partial charge in [-0.3, -0.25) is 9.59 Å². The number of carboxylic acid groups (broad SMARTS) is 1. The van der Waals surface area contributed by atoms with Gasteiger partial charge >= 0.3 is 5.97 Å². The molecule has 120 valence electrons. The zero-order valence-corrected chi connectivity index (χ0v) is 13.4. The van der Waals surface area contributed by atoms with E-state index in [9.17, 15) is 9.59 Å². The Bertz CT molecular complexity index is 712. The molecular weight excluding hydrogens is 312 g/mol. The van der Waals surface area contributed by atoms with Crippen molar-refractivity contribution in [1.82, 2.24) is 4.98 Å². The van der Waals surface area contributed by atoms with Crippen molar-refractivity contribution in [2.45, 2.75) is 32.1 Å². The molecule has 23 heavy (non-hydrogen) atoms. The summed E-state index contributed by atoms with van der Waals surface area (Å²) in [6.07, 6.45) is 2.91. The number of aromatic nitrogens is 1. The van der Waals surface area contributed by atoms with Gasteiger partial charge in [0.25, 0.3) is 0 Å². The number of carbonyl (C=O) groups is 2. The maximum absolute atomic E-state index is 12.0. The minimum absolute atomic E-state index is 0.0604. The molecule has 1 aliphatic carbocycles. The van der Waals surface area contributed by atoms with E-state index in [1.807, 2.05) is 30.3 Å². The van der Waals surface area contributed by atoms with Crippen molar-refractivity contribution in [2.75, 3.05) is 5.32 Å². The van der Waals surface area contributed by atoms with E-state index in [1.165, 1.54) is 11.3 Å². The molecule has 2 N–H and O–H groups in total. The van der Waals surface area contributed by atoms with Crippen molar-refractivity contribution in [1.29, 1.82) is 0 Å². The lowest BCUT2D eigenvalue weighted by Crippen LogP contribution is -2.21. The molecule has 6 heteroatoms. The minimum atomic E-state index is -0.752. The third-order valence-electron chi connectivity index (χ3n) is 4.02. The first-order valence-electron chi connectivity index (χ1n) is 7.67. The fourth-order valence-corrected chi connectivity index (χ4v) is 3.83. The number of hydrogen-bond donors (Lipinski definition) is 2. The van der Waals surface area contributed by atoms with Crippen molar-refractivity contribution < 1.29 is 14.7 Å². The Morgan fingerprint density at radius 1 is 1.30 bits per heavy atom. The molecule has 1 aromatic carbocycles. The Kier molecular flexibility index (Phi) is 4.71. The quantitative estimate of drug-likeness (QED) is 0.883. The van der Waals surface area contributed by atoms with Crippen LogP contribution in [0, 0.1) is 5.92 Å². The van der Waals surface area contributed by atoms with Crippen molar-refractivity contribution in [2.24, 2.45) is 5.92 Å². The predicted molar refractivity (Wildman–Crippen MR) is 88.7 cm³/mol. The van der Waals surface area contributed by atoms with E-state index in [1.54, 1.807) is 0 Å². The van der Waals surface area contributed by atoms with E-state index in [0.29, 0.717) is 37.2 Å². The molecule has 2 aromatic rings. The van der Waals surface area contributed by atoms with E-state index >= 15 is 0 Å². The number of nitrogens with zero attached hydrogens (tertiary/aromatic N) is 1. The van der Waals surface area contributed by atoms with Crippen molar-refractivity contribution >= 4 is 28.3 Å². The molecule has 0 aliphatic heterocycles. The first kappa shape index (κ1) is 15.7. The number of carboxylic acids is 1. The van der Waals surface area contributed by atoms with Crippen LogP contribution < -0.4 is 5.32 Å². The normalized spacial score (nSPS) is 16.6. The molecule has 1 unspecified atom stereocenters. The Labute approximate surface area is 138 Å². The second-order valence-corrected chi connectivity index (χ2v) is 6.78. The number of aryl methyl sites for hydroxylation is 2. The molecule has 1 aliphatic rings. The summed E-state index contributed by atoms with van der Waals surface area (Å²) in [6.45, 7) is 0. The van der Waals surface area contributed by atoms with Crippen LogP contribution in [0.3, 0.4) is 0 Å². The smallest absolute Gasteiger partial charge is 0.306 e. The summed E-state index contributed by atoms with van der Waals surface area (Å²) in [5.74, 6) is -1.14. The van der Waals surface area contributed by atoms with Gasteiger partial charge in [-0.1, -0.05) is 30.3 Å². The Morgan fingerprint density at radius 2 is 2.09 bits per heavy atom. The van der Waals surface area contributed by atoms with Crippen molar-refractivity contribution in [3.05, 3.63) is 46.5 Å². The molecule has 0 fully saturated rings. The average Bonchev–Trinajstić information content (AvgIpc) is 2.95. The summed E-state index contributed by atoms with van der Waals surface area (Å²) in [4.78, 5) is 28.5. The first-order chi connectivity index (χ1) is 11.1. The Morgan fingerprint density at radius 3 is 2.83 bits per heavy atom. The number of carbonyl (C=O) groups excluding carboxylic acids is 1. The van der Waals surface area contributed by atoms with Gasteiger partial charge in [0.2, 0.25) is 5.91 Å². The molecule has 1 amide bonds. The van der Waals surface area contributed by atoms with Crippen LogP contribution in [-0.2, 0) is 28.9 Å². The molecular formula is C17H18N2O3S. The average molecular weight is 330 g/mol. The lowest BCUT2D eigenvalue weighted by atomic mass is 9.91. The highest BCUT2D eigenvalue weighted by atomic mass is 32.1. The summed E-state index contributed by atoms with van der Waals surface area (Å²) < 4.78 is 0. The zero-order chi connectivity index (χ0) is 16.2. The topological polar surface area (TPSA) is 79.3 Å². The Balaban J connectivity index is 1.56. The maximum Gasteiger partial charge on any atom is 0.306 e. The highest BCUT2D eigenvalue weighted by Crippen LogP contribution is 2.32. The SMILES string of the molecule is O=C(CCc1ccccc1)Nc1nc2c(s1)CC(C(=O)O)CC2. The molecule has 1 atom stereocenters. The summed E-state index contributed by atoms with van der Waals surface area (Å²) in [5.41, 5.74) is 2.07. The van der Waals surface area contributed by atoms with Gasteiger partial charge in [0.05, 0.1) is 11.6 Å². The number of thiazole rings is 1. The van der Waals surface area contributed by atoms with E-state index in [2.05, 4.69) is 10.3 Å². The number of hydrogen-bond acceptors (Lipinski definition) is 4. The number of nitrogens with one attached hydrogen (secondary N) is 1. The van der Waals surface area contributed by atoms with E-state index in [4.69, 9.17) is 5.11 Å². The minimum Gasteiger partial charge on any atom is -0.481 e. The molecule has 5 nitrogen and oxygen atoms in total. The summed E-state index contributed by atoms with van der Waals surface area (Å²) >= 11 is 1.40. The van der Waals surface area contributed by atoms with Crippen LogP contribution in [0.4, 0.5) is 5.13 Å². The number of fused-ring (bicyclic) bond motifs is 1. The predicted octanol–water partition coefficient (Wildman–Crippen LogP) is 2.90. The van der Waals surface area contributed by atoms with Crippen LogP contribution in [0.5, 0.6) is 0 Å². The van der Waals surface area contributed by atoms with Gasteiger partial charge in [-0.05, 0) is 31.2 Å². The van der Waals surface area contributed by atoms with Gasteiger partial charge in [0.15, 0.2) is 5.13 Å². The van der Waals surface area contributed by atoms with Gasteiger partial charge in [-0.2, -0.15) is 0 Å². The van der Waals surface area contributed by atoms with Gasteiger partial charge in [-0.15, -0.1) is 11.3 Å². The molecule has 0 saturated carbocycles. The van der Waals surface area contributed by atoms with Crippen LogP contribution in [0.2, 0.25) is 0 Å². The second kappa shape index (κ2) is 6.91. The van der Waals surface area contributed by atoms with Gasteiger partial charge in [0.1, 0.15) is 0 Å². The fourth-order valence-electron chi connectivity index (χ4n) is 2.72. The molecule has 3 rings (SSSR count). The molecule has 1 heterocycles. The van der Waals surface area contributed by atoms with Crippen LogP contribution in [0.15, 0.2) is 30.3 Å². The van der Waals surface area contributed by atoms with Crippen LogP contribution in [-0.4, -0.2) is 22.0 Å². The molecule has 1 aromatic heterocycles. The summed E-state index contributed by atoms with van der Waals surface area (Å²) in [6, 6.07) is 9.87. The summed E-state index contributed by atoms with van der Waals surface area (Å²) in [7, 11) is 0. The van der Waals surface area contributed by atoms with Crippen LogP contribution in [0.1, 0.15) is 29.0 Å². The third-order valence-corrected chi connectivity index (χ3v) is 5.05. The Hall–Kier alpha value is -2.21. The molecule has 0 radical (unpaired) electrons. The number of rotatable bonds is 5. The van der Waals surface area contributed by atoms with Gasteiger partial charge in [-0.25, -0.2) is 4.98 Å². The highest BCUT2D eigenvalue weighted by molar-refractivity contribution is 7.15. The number of benzene rings is 1. The lowest BCUT2D eigenvalue weighted by Gasteiger charge is -2.16. The number of anilines is 1. The largest absolute Gasteiger partial charge is 0.481 e. The zero-order valence-electron chi connectivity index (χ0n) is 12.6. The monoisotopic (exact) mass is 330 g/mol. The number of aliphatic carboxylic acids is 1. The molecule has 0 bridgehead atoms. The van der Waals surface area contributed by atoms with Gasteiger partial charge in [0, 0.05) is 11.3 Å². The van der Waals surface area contributed by atoms with E-state index in [-0.39, 0.29) is 11.8 Å². The van der Waals surface area contributed by atoms with Gasteiger partial charge < -0.3 is 10.4 Å². The standard InChI is InChI=1S/C17H18N2O3S/c20-15(9-6-11-4-2-1-3-5-11)19-17-18-13-8-7-12(16(21)22)10-14(13)23-17/h1-5,12H,6-10H2,(H,21,22)(H,18,19,20). The van der Waals surface area contributed by atoms with E-state index < -0.39 is 5.97 Å². The highest BCUT2D eigenvalue weighted by Gasteiger charge is 2.27. The van der Waals surface area contributed by atoms with Crippen molar-refractivity contribution in [3.63, 3.8) is 0 Å². The summed E-state index contributed by atoms with van der Waals surface area (Å²) in [5, 5.41) is 12.5.